The van der Waals surface area contributed by atoms with Crippen LogP contribution in [-0.4, -0.2) is 10.9 Å². The lowest BCUT2D eigenvalue weighted by Crippen LogP contribution is -2.02. The highest BCUT2D eigenvalue weighted by Gasteiger charge is 2.09. The van der Waals surface area contributed by atoms with Gasteiger partial charge in [-0.1, -0.05) is 12.1 Å². The van der Waals surface area contributed by atoms with E-state index in [-0.39, 0.29) is 6.54 Å². The van der Waals surface area contributed by atoms with Crippen molar-refractivity contribution in [1.29, 1.82) is 0 Å². The number of carbonyl (C=O) groups is 1. The van der Waals surface area contributed by atoms with E-state index in [1.54, 1.807) is 30.5 Å². The van der Waals surface area contributed by atoms with Gasteiger partial charge in [0.15, 0.2) is 11.6 Å². The number of rotatable bonds is 3. The Morgan fingerprint density at radius 1 is 1.10 bits per heavy atom. The van der Waals surface area contributed by atoms with Crippen molar-refractivity contribution in [2.45, 2.75) is 6.54 Å². The predicted octanol–water partition coefficient (Wildman–Crippen LogP) is 3.78. The molecule has 1 heterocycles. The molecule has 0 fully saturated rings. The van der Waals surface area contributed by atoms with Crippen molar-refractivity contribution in [2.24, 2.45) is 0 Å². The van der Waals surface area contributed by atoms with Gasteiger partial charge in [-0.2, -0.15) is 0 Å². The third-order valence-corrected chi connectivity index (χ3v) is 3.30. The van der Waals surface area contributed by atoms with E-state index in [9.17, 15) is 13.6 Å². The van der Waals surface area contributed by atoms with Crippen LogP contribution >= 0.6 is 0 Å². The average Bonchev–Trinajstić information content (AvgIpc) is 2.86. The number of hydrogen-bond acceptors (Lipinski definition) is 1. The molecule has 0 unspecified atom stereocenters. The number of benzene rings is 2. The lowest BCUT2D eigenvalue weighted by Gasteiger charge is -2.07. The molecular formula is C16H11F2NO. The predicted molar refractivity (Wildman–Crippen MR) is 72.8 cm³/mol. The van der Waals surface area contributed by atoms with Crippen LogP contribution in [0.15, 0.2) is 48.7 Å². The van der Waals surface area contributed by atoms with Crippen LogP contribution in [0.2, 0.25) is 0 Å². The molecule has 2 nitrogen and oxygen atoms in total. The lowest BCUT2D eigenvalue weighted by molar-refractivity contribution is 0.112. The molecule has 20 heavy (non-hydrogen) atoms. The van der Waals surface area contributed by atoms with Crippen molar-refractivity contribution in [3.63, 3.8) is 0 Å². The fourth-order valence-electron chi connectivity index (χ4n) is 2.28. The molecule has 0 aliphatic rings. The first-order valence-corrected chi connectivity index (χ1v) is 6.16. The van der Waals surface area contributed by atoms with Gasteiger partial charge in [-0.15, -0.1) is 0 Å². The zero-order valence-electron chi connectivity index (χ0n) is 10.5. The summed E-state index contributed by atoms with van der Waals surface area (Å²) in [4.78, 5) is 10.7. The summed E-state index contributed by atoms with van der Waals surface area (Å²) in [7, 11) is 0. The fourth-order valence-corrected chi connectivity index (χ4v) is 2.28. The quantitative estimate of drug-likeness (QED) is 0.664. The van der Waals surface area contributed by atoms with Crippen LogP contribution in [0.4, 0.5) is 8.78 Å². The first-order valence-electron chi connectivity index (χ1n) is 6.16. The van der Waals surface area contributed by atoms with Gasteiger partial charge in [0.1, 0.15) is 6.29 Å². The summed E-state index contributed by atoms with van der Waals surface area (Å²) in [6, 6.07) is 11.3. The van der Waals surface area contributed by atoms with Crippen LogP contribution in [0.3, 0.4) is 0 Å². The Morgan fingerprint density at radius 3 is 2.75 bits per heavy atom. The maximum absolute atomic E-state index is 13.7. The van der Waals surface area contributed by atoms with Gasteiger partial charge in [0.25, 0.3) is 0 Å². The Balaban J connectivity index is 2.03. The Hall–Kier alpha value is -2.49. The molecule has 0 atom stereocenters. The van der Waals surface area contributed by atoms with Gasteiger partial charge in [0.2, 0.25) is 0 Å². The van der Waals surface area contributed by atoms with E-state index in [1.165, 1.54) is 6.07 Å². The first-order chi connectivity index (χ1) is 9.69. The van der Waals surface area contributed by atoms with Crippen LogP contribution < -0.4 is 0 Å². The highest BCUT2D eigenvalue weighted by Crippen LogP contribution is 2.20. The molecular weight excluding hydrogens is 260 g/mol. The highest BCUT2D eigenvalue weighted by atomic mass is 19.2. The van der Waals surface area contributed by atoms with Gasteiger partial charge >= 0.3 is 0 Å². The Morgan fingerprint density at radius 2 is 1.95 bits per heavy atom. The van der Waals surface area contributed by atoms with E-state index in [0.717, 1.165) is 23.3 Å². The molecule has 0 spiro atoms. The second kappa shape index (κ2) is 4.89. The maximum Gasteiger partial charge on any atom is 0.163 e. The van der Waals surface area contributed by atoms with Crippen molar-refractivity contribution >= 4 is 17.2 Å². The molecule has 0 saturated carbocycles. The monoisotopic (exact) mass is 271 g/mol. The largest absolute Gasteiger partial charge is 0.343 e. The molecule has 0 bridgehead atoms. The molecule has 0 N–H and O–H groups in total. The van der Waals surface area contributed by atoms with Gasteiger partial charge in [-0.25, -0.2) is 8.78 Å². The normalized spacial score (nSPS) is 10.9. The number of aldehydes is 1. The maximum atomic E-state index is 13.7. The molecule has 3 rings (SSSR count). The molecule has 1 aromatic heterocycles. The second-order valence-corrected chi connectivity index (χ2v) is 4.59. The minimum Gasteiger partial charge on any atom is -0.343 e. The molecule has 0 radical (unpaired) electrons. The summed E-state index contributed by atoms with van der Waals surface area (Å²) in [5.41, 5.74) is 1.76. The smallest absolute Gasteiger partial charge is 0.163 e. The van der Waals surface area contributed by atoms with Gasteiger partial charge < -0.3 is 4.57 Å². The number of hydrogen-bond donors (Lipinski definition) is 0. The molecule has 0 aliphatic carbocycles. The summed E-state index contributed by atoms with van der Waals surface area (Å²) >= 11 is 0. The molecule has 100 valence electrons. The SMILES string of the molecule is O=Cc1ccc2c(ccn2Cc2cccc(F)c2F)c1. The van der Waals surface area contributed by atoms with Gasteiger partial charge in [0, 0.05) is 28.2 Å². The third kappa shape index (κ3) is 2.09. The molecule has 3 aromatic rings. The van der Waals surface area contributed by atoms with Crippen LogP contribution in [0.1, 0.15) is 15.9 Å². The topological polar surface area (TPSA) is 22.0 Å². The first kappa shape index (κ1) is 12.5. The van der Waals surface area contributed by atoms with Crippen molar-refractivity contribution in [3.05, 3.63) is 71.4 Å². The van der Waals surface area contributed by atoms with Gasteiger partial charge in [-0.3, -0.25) is 4.79 Å². The third-order valence-electron chi connectivity index (χ3n) is 3.30. The minimum atomic E-state index is -0.845. The molecule has 0 amide bonds. The van der Waals surface area contributed by atoms with Crippen molar-refractivity contribution < 1.29 is 13.6 Å². The van der Waals surface area contributed by atoms with Gasteiger partial charge in [-0.05, 0) is 30.3 Å². The van der Waals surface area contributed by atoms with Crippen molar-refractivity contribution in [3.8, 4) is 0 Å². The number of halogens is 2. The zero-order valence-corrected chi connectivity index (χ0v) is 10.5. The van der Waals surface area contributed by atoms with Crippen LogP contribution in [0, 0.1) is 11.6 Å². The van der Waals surface area contributed by atoms with E-state index < -0.39 is 11.6 Å². The Bertz CT molecular complexity index is 792. The van der Waals surface area contributed by atoms with E-state index in [1.807, 2.05) is 10.6 Å². The van der Waals surface area contributed by atoms with Crippen LogP contribution in [-0.2, 0) is 6.54 Å². The van der Waals surface area contributed by atoms with E-state index in [0.29, 0.717) is 11.1 Å². The summed E-state index contributed by atoms with van der Waals surface area (Å²) in [5, 5.41) is 0.895. The fraction of sp³-hybridized carbons (Fsp3) is 0.0625. The average molecular weight is 271 g/mol. The van der Waals surface area contributed by atoms with Gasteiger partial charge in [0.05, 0.1) is 6.54 Å². The van der Waals surface area contributed by atoms with Crippen LogP contribution in [0.25, 0.3) is 10.9 Å². The molecule has 0 saturated heterocycles. The molecule has 2 aromatic carbocycles. The summed E-state index contributed by atoms with van der Waals surface area (Å²) in [6.07, 6.45) is 2.58. The molecule has 4 heteroatoms. The standard InChI is InChI=1S/C16H11F2NO/c17-14-3-1-2-13(16(14)18)9-19-7-6-12-8-11(10-20)4-5-15(12)19/h1-8,10H,9H2. The summed E-state index contributed by atoms with van der Waals surface area (Å²) in [6.45, 7) is 0.244. The number of nitrogens with zero attached hydrogens (tertiary/aromatic N) is 1. The Labute approximate surface area is 114 Å². The van der Waals surface area contributed by atoms with E-state index in [4.69, 9.17) is 0 Å². The highest BCUT2D eigenvalue weighted by molar-refractivity contribution is 5.87. The summed E-state index contributed by atoms with van der Waals surface area (Å²) < 4.78 is 28.7. The number of aromatic nitrogens is 1. The Kier molecular flexibility index (Phi) is 3.06. The zero-order chi connectivity index (χ0) is 14.1. The number of carbonyl (C=O) groups excluding carboxylic acids is 1. The minimum absolute atomic E-state index is 0.244. The van der Waals surface area contributed by atoms with E-state index >= 15 is 0 Å². The van der Waals surface area contributed by atoms with E-state index in [2.05, 4.69) is 0 Å². The molecule has 0 aliphatic heterocycles. The van der Waals surface area contributed by atoms with Crippen molar-refractivity contribution in [2.75, 3.05) is 0 Å². The second-order valence-electron chi connectivity index (χ2n) is 4.59. The lowest BCUT2D eigenvalue weighted by atomic mass is 10.1. The van der Waals surface area contributed by atoms with Crippen LogP contribution in [0.5, 0.6) is 0 Å². The summed E-state index contributed by atoms with van der Waals surface area (Å²) in [5.74, 6) is -1.67. The van der Waals surface area contributed by atoms with Crippen molar-refractivity contribution in [1.82, 2.24) is 4.57 Å². The number of fused-ring (bicyclic) bond motifs is 1.